The fourth-order valence-corrected chi connectivity index (χ4v) is 1.60. The third-order valence-electron chi connectivity index (χ3n) is 2.06. The predicted molar refractivity (Wildman–Crippen MR) is 49.4 cm³/mol. The molecule has 0 aliphatic carbocycles. The quantitative estimate of drug-likeness (QED) is 0.611. The van der Waals surface area contributed by atoms with Crippen LogP contribution in [-0.4, -0.2) is 10.1 Å². The van der Waals surface area contributed by atoms with Crippen LogP contribution in [-0.2, 0) is 0 Å². The topological polar surface area (TPSA) is 36.0 Å². The molecule has 0 unspecified atom stereocenters. The highest BCUT2D eigenvalue weighted by atomic mass is 16.3. The molecule has 12 heavy (non-hydrogen) atoms. The number of aryl methyl sites for hydroxylation is 2. The molecule has 0 spiro atoms. The molecule has 0 bridgehead atoms. The first-order valence-corrected chi connectivity index (χ1v) is 3.96. The summed E-state index contributed by atoms with van der Waals surface area (Å²) in [7, 11) is 0. The molecule has 0 aliphatic heterocycles. The molecule has 2 N–H and O–H groups in total. The van der Waals surface area contributed by atoms with Crippen molar-refractivity contribution < 1.29 is 5.11 Å². The maximum Gasteiger partial charge on any atom is 0.189 e. The lowest BCUT2D eigenvalue weighted by molar-refractivity contribution is 0.458. The summed E-state index contributed by atoms with van der Waals surface area (Å²) in [4.78, 5) is 2.91. The van der Waals surface area contributed by atoms with E-state index in [1.54, 1.807) is 6.07 Å². The lowest BCUT2D eigenvalue weighted by atomic mass is 10.1. The first-order chi connectivity index (χ1) is 5.66. The number of aromatic hydroxyl groups is 1. The SMILES string of the molecule is Cc1cc(C)c2[nH]c(O)cc2c1. The van der Waals surface area contributed by atoms with E-state index in [0.29, 0.717) is 0 Å². The number of hydrogen-bond acceptors (Lipinski definition) is 1. The first-order valence-electron chi connectivity index (χ1n) is 3.96. The number of benzene rings is 1. The molecule has 2 nitrogen and oxygen atoms in total. The van der Waals surface area contributed by atoms with Crippen LogP contribution in [0.3, 0.4) is 0 Å². The van der Waals surface area contributed by atoms with Gasteiger partial charge in [0.15, 0.2) is 5.88 Å². The molecule has 0 amide bonds. The standard InChI is InChI=1S/C10H11NO/c1-6-3-7(2)10-8(4-6)5-9(12)11-10/h3-5,11-12H,1-2H3. The Morgan fingerprint density at radius 1 is 1.17 bits per heavy atom. The molecule has 0 fully saturated rings. The van der Waals surface area contributed by atoms with Crippen molar-refractivity contribution in [2.75, 3.05) is 0 Å². The monoisotopic (exact) mass is 161 g/mol. The van der Waals surface area contributed by atoms with E-state index in [1.807, 2.05) is 6.92 Å². The van der Waals surface area contributed by atoms with Crippen LogP contribution in [0.4, 0.5) is 0 Å². The fraction of sp³-hybridized carbons (Fsp3) is 0.200. The van der Waals surface area contributed by atoms with Crippen molar-refractivity contribution in [1.29, 1.82) is 0 Å². The molecule has 2 heteroatoms. The number of fused-ring (bicyclic) bond motifs is 1. The van der Waals surface area contributed by atoms with Crippen LogP contribution >= 0.6 is 0 Å². The number of aromatic amines is 1. The van der Waals surface area contributed by atoms with Crippen molar-refractivity contribution in [1.82, 2.24) is 4.98 Å². The maximum absolute atomic E-state index is 9.22. The van der Waals surface area contributed by atoms with Gasteiger partial charge in [-0.1, -0.05) is 11.6 Å². The molecule has 1 heterocycles. The molecule has 0 aliphatic rings. The van der Waals surface area contributed by atoms with Crippen LogP contribution in [0, 0.1) is 13.8 Å². The lowest BCUT2D eigenvalue weighted by Gasteiger charge is -1.97. The summed E-state index contributed by atoms with van der Waals surface area (Å²) >= 11 is 0. The van der Waals surface area contributed by atoms with Crippen molar-refractivity contribution in [3.63, 3.8) is 0 Å². The zero-order chi connectivity index (χ0) is 8.72. The molecule has 0 saturated heterocycles. The van der Waals surface area contributed by atoms with Crippen LogP contribution in [0.25, 0.3) is 10.9 Å². The van der Waals surface area contributed by atoms with Gasteiger partial charge >= 0.3 is 0 Å². The molecular weight excluding hydrogens is 150 g/mol. The van der Waals surface area contributed by atoms with Crippen LogP contribution in [0.1, 0.15) is 11.1 Å². The highest BCUT2D eigenvalue weighted by molar-refractivity contribution is 5.84. The summed E-state index contributed by atoms with van der Waals surface area (Å²) in [5, 5.41) is 10.3. The van der Waals surface area contributed by atoms with Gasteiger partial charge in [0.1, 0.15) is 0 Å². The lowest BCUT2D eigenvalue weighted by Crippen LogP contribution is -1.78. The minimum absolute atomic E-state index is 0.235. The summed E-state index contributed by atoms with van der Waals surface area (Å²) in [5.41, 5.74) is 3.42. The van der Waals surface area contributed by atoms with E-state index in [9.17, 15) is 5.11 Å². The average molecular weight is 161 g/mol. The van der Waals surface area contributed by atoms with Crippen molar-refractivity contribution >= 4 is 10.9 Å². The molecule has 2 aromatic rings. The number of H-pyrrole nitrogens is 1. The first kappa shape index (κ1) is 7.22. The highest BCUT2D eigenvalue weighted by Gasteiger charge is 2.01. The van der Waals surface area contributed by atoms with Gasteiger partial charge in [-0.15, -0.1) is 0 Å². The second-order valence-corrected chi connectivity index (χ2v) is 3.20. The molecule has 2 rings (SSSR count). The van der Waals surface area contributed by atoms with Crippen molar-refractivity contribution in [3.05, 3.63) is 29.3 Å². The van der Waals surface area contributed by atoms with E-state index in [1.165, 1.54) is 11.1 Å². The smallest absolute Gasteiger partial charge is 0.189 e. The summed E-state index contributed by atoms with van der Waals surface area (Å²) in [6.07, 6.45) is 0. The second kappa shape index (κ2) is 2.27. The van der Waals surface area contributed by atoms with Gasteiger partial charge in [0.2, 0.25) is 0 Å². The fourth-order valence-electron chi connectivity index (χ4n) is 1.60. The zero-order valence-electron chi connectivity index (χ0n) is 7.18. The molecule has 0 radical (unpaired) electrons. The molecule has 1 aromatic carbocycles. The van der Waals surface area contributed by atoms with Crippen LogP contribution in [0.2, 0.25) is 0 Å². The Morgan fingerprint density at radius 2 is 1.92 bits per heavy atom. The van der Waals surface area contributed by atoms with Crippen molar-refractivity contribution in [3.8, 4) is 5.88 Å². The zero-order valence-corrected chi connectivity index (χ0v) is 7.18. The van der Waals surface area contributed by atoms with E-state index >= 15 is 0 Å². The van der Waals surface area contributed by atoms with Crippen LogP contribution in [0.5, 0.6) is 5.88 Å². The van der Waals surface area contributed by atoms with Crippen LogP contribution in [0.15, 0.2) is 18.2 Å². The van der Waals surface area contributed by atoms with E-state index in [-0.39, 0.29) is 5.88 Å². The largest absolute Gasteiger partial charge is 0.495 e. The number of hydrogen-bond donors (Lipinski definition) is 2. The van der Waals surface area contributed by atoms with E-state index in [4.69, 9.17) is 0 Å². The number of nitrogens with one attached hydrogen (secondary N) is 1. The van der Waals surface area contributed by atoms with Gasteiger partial charge in [-0.25, -0.2) is 0 Å². The minimum atomic E-state index is 0.235. The normalized spacial score (nSPS) is 10.8. The summed E-state index contributed by atoms with van der Waals surface area (Å²) < 4.78 is 0. The van der Waals surface area contributed by atoms with Gasteiger partial charge in [0, 0.05) is 11.5 Å². The van der Waals surface area contributed by atoms with Crippen molar-refractivity contribution in [2.24, 2.45) is 0 Å². The summed E-state index contributed by atoms with van der Waals surface area (Å²) in [6, 6.07) is 5.90. The van der Waals surface area contributed by atoms with Gasteiger partial charge in [-0.05, 0) is 25.5 Å². The van der Waals surface area contributed by atoms with Gasteiger partial charge in [-0.3, -0.25) is 0 Å². The Balaban J connectivity index is 2.88. The average Bonchev–Trinajstić information content (AvgIpc) is 2.29. The summed E-state index contributed by atoms with van der Waals surface area (Å²) in [5.74, 6) is 0.235. The molecule has 1 aromatic heterocycles. The Morgan fingerprint density at radius 3 is 2.67 bits per heavy atom. The molecule has 62 valence electrons. The maximum atomic E-state index is 9.22. The van der Waals surface area contributed by atoms with E-state index in [0.717, 1.165) is 10.9 Å². The predicted octanol–water partition coefficient (Wildman–Crippen LogP) is 2.49. The van der Waals surface area contributed by atoms with E-state index in [2.05, 4.69) is 24.0 Å². The highest BCUT2D eigenvalue weighted by Crippen LogP contribution is 2.23. The number of aromatic nitrogens is 1. The number of rotatable bonds is 0. The van der Waals surface area contributed by atoms with Gasteiger partial charge in [0.25, 0.3) is 0 Å². The van der Waals surface area contributed by atoms with Gasteiger partial charge in [0.05, 0.1) is 5.52 Å². The van der Waals surface area contributed by atoms with Gasteiger partial charge < -0.3 is 10.1 Å². The van der Waals surface area contributed by atoms with Crippen LogP contribution < -0.4 is 0 Å². The van der Waals surface area contributed by atoms with E-state index < -0.39 is 0 Å². The molecular formula is C10H11NO. The summed E-state index contributed by atoms with van der Waals surface area (Å²) in [6.45, 7) is 4.09. The Hall–Kier alpha value is -1.44. The molecule has 0 saturated carbocycles. The molecule has 0 atom stereocenters. The third-order valence-corrected chi connectivity index (χ3v) is 2.06. The van der Waals surface area contributed by atoms with Gasteiger partial charge in [-0.2, -0.15) is 0 Å². The Bertz CT molecular complexity index is 429. The minimum Gasteiger partial charge on any atom is -0.495 e. The Kier molecular flexibility index (Phi) is 1.37. The Labute approximate surface area is 70.8 Å². The third kappa shape index (κ3) is 0.961. The van der Waals surface area contributed by atoms with Crippen molar-refractivity contribution in [2.45, 2.75) is 13.8 Å². The second-order valence-electron chi connectivity index (χ2n) is 3.20.